The predicted molar refractivity (Wildman–Crippen MR) is 60.4 cm³/mol. The number of aromatic nitrogens is 2. The Balaban J connectivity index is 2.79. The van der Waals surface area contributed by atoms with Gasteiger partial charge in [0, 0.05) is 25.0 Å². The van der Waals surface area contributed by atoms with Crippen LogP contribution in [0.15, 0.2) is 12.4 Å². The Bertz CT molecular complexity index is 266. The summed E-state index contributed by atoms with van der Waals surface area (Å²) >= 11 is 0. The maximum absolute atomic E-state index is 4.30. The maximum Gasteiger partial charge on any atom is 0.202 e. The van der Waals surface area contributed by atoms with Crippen LogP contribution in [0.5, 0.6) is 0 Å². The molecule has 0 aromatic carbocycles. The van der Waals surface area contributed by atoms with Crippen LogP contribution in [0, 0.1) is 0 Å². The molecule has 0 aliphatic carbocycles. The highest BCUT2D eigenvalue weighted by atomic mass is 15.2. The lowest BCUT2D eigenvalue weighted by atomic mass is 9.90. The first-order chi connectivity index (χ1) is 6.67. The van der Waals surface area contributed by atoms with E-state index < -0.39 is 0 Å². The average molecular weight is 195 g/mol. The predicted octanol–water partition coefficient (Wildman–Crippen LogP) is 2.80. The van der Waals surface area contributed by atoms with Crippen molar-refractivity contribution in [3.05, 3.63) is 12.4 Å². The van der Waals surface area contributed by atoms with E-state index in [0.29, 0.717) is 0 Å². The standard InChI is InChI=1S/C11H21N3/c1-5-11(6-2,7-3)13-10-12-8-9-14(10)4/h8-9H,5-7H2,1-4H3,(H,12,13). The van der Waals surface area contributed by atoms with Crippen LogP contribution in [-0.2, 0) is 7.05 Å². The summed E-state index contributed by atoms with van der Waals surface area (Å²) in [6, 6.07) is 0. The van der Waals surface area contributed by atoms with E-state index in [4.69, 9.17) is 0 Å². The van der Waals surface area contributed by atoms with E-state index in [-0.39, 0.29) is 5.54 Å². The highest BCUT2D eigenvalue weighted by Crippen LogP contribution is 2.24. The van der Waals surface area contributed by atoms with Crippen LogP contribution in [0.4, 0.5) is 5.95 Å². The van der Waals surface area contributed by atoms with Crippen LogP contribution in [0.1, 0.15) is 40.0 Å². The van der Waals surface area contributed by atoms with Crippen molar-refractivity contribution in [3.63, 3.8) is 0 Å². The Labute approximate surface area is 86.5 Å². The molecule has 0 radical (unpaired) electrons. The van der Waals surface area contributed by atoms with Crippen LogP contribution < -0.4 is 5.32 Å². The molecule has 0 aliphatic rings. The van der Waals surface area contributed by atoms with Crippen molar-refractivity contribution in [2.75, 3.05) is 5.32 Å². The third kappa shape index (κ3) is 2.08. The Kier molecular flexibility index (Phi) is 3.55. The second-order valence-corrected chi connectivity index (χ2v) is 3.83. The molecule has 1 aromatic heterocycles. The Hall–Kier alpha value is -0.990. The molecule has 0 fully saturated rings. The molecule has 0 saturated heterocycles. The van der Waals surface area contributed by atoms with Gasteiger partial charge in [-0.25, -0.2) is 4.98 Å². The first kappa shape index (κ1) is 11.1. The quantitative estimate of drug-likeness (QED) is 0.783. The summed E-state index contributed by atoms with van der Waals surface area (Å²) in [4.78, 5) is 4.30. The normalized spacial score (nSPS) is 11.7. The van der Waals surface area contributed by atoms with E-state index in [0.717, 1.165) is 25.2 Å². The maximum atomic E-state index is 4.30. The van der Waals surface area contributed by atoms with Crippen molar-refractivity contribution in [1.29, 1.82) is 0 Å². The van der Waals surface area contributed by atoms with Crippen molar-refractivity contribution < 1.29 is 0 Å². The second-order valence-electron chi connectivity index (χ2n) is 3.83. The van der Waals surface area contributed by atoms with Gasteiger partial charge in [-0.15, -0.1) is 0 Å². The van der Waals surface area contributed by atoms with E-state index in [1.807, 2.05) is 24.0 Å². The van der Waals surface area contributed by atoms with Crippen molar-refractivity contribution >= 4 is 5.95 Å². The lowest BCUT2D eigenvalue weighted by molar-refractivity contribution is 0.416. The molecule has 3 nitrogen and oxygen atoms in total. The molecule has 80 valence electrons. The van der Waals surface area contributed by atoms with Crippen molar-refractivity contribution in [2.45, 2.75) is 45.6 Å². The molecule has 1 heterocycles. The lowest BCUT2D eigenvalue weighted by Gasteiger charge is -2.32. The molecule has 0 bridgehead atoms. The third-order valence-electron chi connectivity index (χ3n) is 3.23. The molecule has 1 aromatic rings. The van der Waals surface area contributed by atoms with Gasteiger partial charge < -0.3 is 9.88 Å². The smallest absolute Gasteiger partial charge is 0.202 e. The summed E-state index contributed by atoms with van der Waals surface area (Å²) in [6.45, 7) is 6.68. The second kappa shape index (κ2) is 4.49. The summed E-state index contributed by atoms with van der Waals surface area (Å²) in [5.41, 5.74) is 0.207. The number of anilines is 1. The molecule has 3 heteroatoms. The Morgan fingerprint density at radius 1 is 1.29 bits per heavy atom. The summed E-state index contributed by atoms with van der Waals surface area (Å²) in [5, 5.41) is 3.54. The molecule has 14 heavy (non-hydrogen) atoms. The minimum Gasteiger partial charge on any atom is -0.350 e. The fourth-order valence-electron chi connectivity index (χ4n) is 1.74. The van der Waals surface area contributed by atoms with Gasteiger partial charge in [-0.3, -0.25) is 0 Å². The van der Waals surface area contributed by atoms with E-state index in [2.05, 4.69) is 31.1 Å². The van der Waals surface area contributed by atoms with E-state index in [1.54, 1.807) is 0 Å². The van der Waals surface area contributed by atoms with Gasteiger partial charge in [-0.1, -0.05) is 20.8 Å². The minimum atomic E-state index is 0.207. The number of hydrogen-bond donors (Lipinski definition) is 1. The molecular formula is C11H21N3. The monoisotopic (exact) mass is 195 g/mol. The van der Waals surface area contributed by atoms with Crippen LogP contribution in [0.2, 0.25) is 0 Å². The third-order valence-corrected chi connectivity index (χ3v) is 3.23. The van der Waals surface area contributed by atoms with Gasteiger partial charge in [0.05, 0.1) is 0 Å². The average Bonchev–Trinajstić information content (AvgIpc) is 2.61. The van der Waals surface area contributed by atoms with Crippen LogP contribution in [0.3, 0.4) is 0 Å². The Morgan fingerprint density at radius 2 is 1.86 bits per heavy atom. The topological polar surface area (TPSA) is 29.9 Å². The Morgan fingerprint density at radius 3 is 2.21 bits per heavy atom. The summed E-state index contributed by atoms with van der Waals surface area (Å²) in [5.74, 6) is 0.968. The SMILES string of the molecule is CCC(CC)(CC)Nc1nccn1C. The zero-order chi connectivity index (χ0) is 10.6. The van der Waals surface area contributed by atoms with Gasteiger partial charge in [0.15, 0.2) is 0 Å². The molecule has 0 aliphatic heterocycles. The number of nitrogens with zero attached hydrogens (tertiary/aromatic N) is 2. The zero-order valence-corrected chi connectivity index (χ0v) is 9.67. The zero-order valence-electron chi connectivity index (χ0n) is 9.67. The van der Waals surface area contributed by atoms with Crippen molar-refractivity contribution in [2.24, 2.45) is 7.05 Å². The fraction of sp³-hybridized carbons (Fsp3) is 0.727. The summed E-state index contributed by atoms with van der Waals surface area (Å²) < 4.78 is 2.02. The van der Waals surface area contributed by atoms with Crippen LogP contribution >= 0.6 is 0 Å². The first-order valence-electron chi connectivity index (χ1n) is 5.43. The molecule has 1 N–H and O–H groups in total. The highest BCUT2D eigenvalue weighted by Gasteiger charge is 2.24. The fourth-order valence-corrected chi connectivity index (χ4v) is 1.74. The number of imidazole rings is 1. The van der Waals surface area contributed by atoms with Gasteiger partial charge in [-0.2, -0.15) is 0 Å². The van der Waals surface area contributed by atoms with Crippen molar-refractivity contribution in [1.82, 2.24) is 9.55 Å². The van der Waals surface area contributed by atoms with Gasteiger partial charge in [0.1, 0.15) is 0 Å². The van der Waals surface area contributed by atoms with Gasteiger partial charge in [0.25, 0.3) is 0 Å². The van der Waals surface area contributed by atoms with E-state index in [9.17, 15) is 0 Å². The number of rotatable bonds is 5. The van der Waals surface area contributed by atoms with E-state index >= 15 is 0 Å². The van der Waals surface area contributed by atoms with E-state index in [1.165, 1.54) is 0 Å². The van der Waals surface area contributed by atoms with Gasteiger partial charge in [-0.05, 0) is 19.3 Å². The molecule has 0 atom stereocenters. The molecular weight excluding hydrogens is 174 g/mol. The molecule has 0 spiro atoms. The largest absolute Gasteiger partial charge is 0.350 e. The van der Waals surface area contributed by atoms with Crippen molar-refractivity contribution in [3.8, 4) is 0 Å². The molecule has 0 saturated carbocycles. The number of aryl methyl sites for hydroxylation is 1. The number of nitrogens with one attached hydrogen (secondary N) is 1. The minimum absolute atomic E-state index is 0.207. The number of hydrogen-bond acceptors (Lipinski definition) is 2. The van der Waals surface area contributed by atoms with Gasteiger partial charge in [0.2, 0.25) is 5.95 Å². The molecule has 0 unspecified atom stereocenters. The molecule has 0 amide bonds. The van der Waals surface area contributed by atoms with Crippen LogP contribution in [-0.4, -0.2) is 15.1 Å². The van der Waals surface area contributed by atoms with Crippen LogP contribution in [0.25, 0.3) is 0 Å². The van der Waals surface area contributed by atoms with Gasteiger partial charge >= 0.3 is 0 Å². The lowest BCUT2D eigenvalue weighted by Crippen LogP contribution is -2.37. The summed E-state index contributed by atoms with van der Waals surface area (Å²) in [6.07, 6.45) is 7.19. The summed E-state index contributed by atoms with van der Waals surface area (Å²) in [7, 11) is 2.01. The first-order valence-corrected chi connectivity index (χ1v) is 5.43. The molecule has 1 rings (SSSR count). The highest BCUT2D eigenvalue weighted by molar-refractivity contribution is 5.30.